The van der Waals surface area contributed by atoms with Crippen molar-refractivity contribution < 1.29 is 4.79 Å². The fraction of sp³-hybridized carbons (Fsp3) is 0.400. The number of hydrogen-bond acceptors (Lipinski definition) is 4. The Balaban J connectivity index is 0.00000176. The number of halogens is 1. The summed E-state index contributed by atoms with van der Waals surface area (Å²) in [7, 11) is 0. The van der Waals surface area contributed by atoms with Crippen LogP contribution in [-0.2, 0) is 0 Å². The average Bonchev–Trinajstić information content (AvgIpc) is 2.49. The summed E-state index contributed by atoms with van der Waals surface area (Å²) in [6.45, 7) is 3.62. The van der Waals surface area contributed by atoms with Crippen LogP contribution in [0.15, 0.2) is 29.3 Å². The highest BCUT2D eigenvalue weighted by molar-refractivity contribution is 5.93. The van der Waals surface area contributed by atoms with Gasteiger partial charge in [-0.2, -0.15) is 0 Å². The number of nitrogens with zero attached hydrogens (tertiary/aromatic N) is 2. The number of fused-ring (bicyclic) bond motifs is 1. The van der Waals surface area contributed by atoms with Crippen molar-refractivity contribution in [2.75, 3.05) is 13.1 Å². The maximum absolute atomic E-state index is 12.4. The molecule has 2 N–H and O–H groups in total. The minimum atomic E-state index is -0.350. The quantitative estimate of drug-likeness (QED) is 0.861. The summed E-state index contributed by atoms with van der Waals surface area (Å²) < 4.78 is 1.42. The van der Waals surface area contributed by atoms with Crippen LogP contribution < -0.4 is 16.2 Å². The van der Waals surface area contributed by atoms with E-state index >= 15 is 0 Å². The van der Waals surface area contributed by atoms with E-state index in [0.29, 0.717) is 5.65 Å². The molecule has 0 aliphatic carbocycles. The summed E-state index contributed by atoms with van der Waals surface area (Å²) in [6, 6.07) is 3.72. The zero-order valence-corrected chi connectivity index (χ0v) is 13.2. The average molecular weight is 323 g/mol. The highest BCUT2D eigenvalue weighted by Crippen LogP contribution is 2.04. The lowest BCUT2D eigenvalue weighted by molar-refractivity contribution is 0.0928. The lowest BCUT2D eigenvalue weighted by atomic mass is 10.1. The minimum absolute atomic E-state index is 0. The van der Waals surface area contributed by atoms with Crippen LogP contribution in [0.5, 0.6) is 0 Å². The Labute approximate surface area is 134 Å². The number of pyridine rings is 1. The molecule has 0 saturated carbocycles. The molecule has 0 aromatic carbocycles. The Morgan fingerprint density at radius 3 is 3.00 bits per heavy atom. The van der Waals surface area contributed by atoms with E-state index < -0.39 is 0 Å². The van der Waals surface area contributed by atoms with E-state index in [9.17, 15) is 9.59 Å². The Hall–Kier alpha value is -1.92. The maximum atomic E-state index is 12.4. The third-order valence-electron chi connectivity index (χ3n) is 3.73. The van der Waals surface area contributed by atoms with Crippen LogP contribution in [0.4, 0.5) is 0 Å². The number of carbonyl (C=O) groups is 1. The Morgan fingerprint density at radius 2 is 2.27 bits per heavy atom. The van der Waals surface area contributed by atoms with Gasteiger partial charge in [-0.25, -0.2) is 4.98 Å². The summed E-state index contributed by atoms with van der Waals surface area (Å²) in [5, 5.41) is 6.13. The van der Waals surface area contributed by atoms with Gasteiger partial charge < -0.3 is 10.6 Å². The summed E-state index contributed by atoms with van der Waals surface area (Å²) in [5.41, 5.74) is 1.25. The zero-order chi connectivity index (χ0) is 14.8. The largest absolute Gasteiger partial charge is 0.348 e. The van der Waals surface area contributed by atoms with Crippen molar-refractivity contribution in [3.63, 3.8) is 0 Å². The van der Waals surface area contributed by atoms with Crippen molar-refractivity contribution in [3.8, 4) is 0 Å². The van der Waals surface area contributed by atoms with Crippen molar-refractivity contribution in [1.82, 2.24) is 20.0 Å². The van der Waals surface area contributed by atoms with Crippen LogP contribution in [0, 0.1) is 6.92 Å². The molecule has 1 aliphatic heterocycles. The first kappa shape index (κ1) is 16.5. The molecule has 1 fully saturated rings. The first-order valence-corrected chi connectivity index (χ1v) is 7.15. The van der Waals surface area contributed by atoms with Gasteiger partial charge in [-0.15, -0.1) is 12.4 Å². The van der Waals surface area contributed by atoms with Crippen LogP contribution in [0.3, 0.4) is 0 Å². The van der Waals surface area contributed by atoms with E-state index in [1.165, 1.54) is 10.6 Å². The number of nitrogens with one attached hydrogen (secondary N) is 2. The van der Waals surface area contributed by atoms with Crippen molar-refractivity contribution in [3.05, 3.63) is 46.0 Å². The zero-order valence-electron chi connectivity index (χ0n) is 12.3. The molecule has 6 nitrogen and oxygen atoms in total. The van der Waals surface area contributed by atoms with Gasteiger partial charge in [-0.05, 0) is 37.9 Å². The Morgan fingerprint density at radius 1 is 1.45 bits per heavy atom. The predicted molar refractivity (Wildman–Crippen MR) is 86.8 cm³/mol. The second-order valence-corrected chi connectivity index (χ2v) is 5.43. The van der Waals surface area contributed by atoms with Gasteiger partial charge in [0.05, 0.1) is 0 Å². The van der Waals surface area contributed by atoms with Gasteiger partial charge in [0.1, 0.15) is 11.2 Å². The minimum Gasteiger partial charge on any atom is -0.348 e. The van der Waals surface area contributed by atoms with Gasteiger partial charge in [0, 0.05) is 25.0 Å². The van der Waals surface area contributed by atoms with E-state index in [0.717, 1.165) is 31.5 Å². The van der Waals surface area contributed by atoms with Crippen LogP contribution in [-0.4, -0.2) is 34.4 Å². The van der Waals surface area contributed by atoms with Crippen LogP contribution >= 0.6 is 12.4 Å². The number of amides is 1. The van der Waals surface area contributed by atoms with Crippen molar-refractivity contribution in [1.29, 1.82) is 0 Å². The molecule has 118 valence electrons. The summed E-state index contributed by atoms with van der Waals surface area (Å²) in [4.78, 5) is 28.9. The second kappa shape index (κ2) is 6.89. The fourth-order valence-corrected chi connectivity index (χ4v) is 2.58. The van der Waals surface area contributed by atoms with E-state index in [1.54, 1.807) is 12.3 Å². The molecule has 2 aromatic heterocycles. The molecule has 3 heterocycles. The number of rotatable bonds is 2. The molecule has 1 unspecified atom stereocenters. The lowest BCUT2D eigenvalue weighted by Gasteiger charge is -2.23. The molecule has 0 spiro atoms. The monoisotopic (exact) mass is 322 g/mol. The van der Waals surface area contributed by atoms with Gasteiger partial charge in [0.15, 0.2) is 0 Å². The summed E-state index contributed by atoms with van der Waals surface area (Å²) in [6.07, 6.45) is 5.02. The Bertz CT molecular complexity index is 738. The maximum Gasteiger partial charge on any atom is 0.270 e. The van der Waals surface area contributed by atoms with Crippen LogP contribution in [0.1, 0.15) is 28.8 Å². The normalized spacial score (nSPS) is 17.8. The van der Waals surface area contributed by atoms with E-state index in [1.807, 2.05) is 13.0 Å². The van der Waals surface area contributed by atoms with E-state index in [4.69, 9.17) is 0 Å². The SMILES string of the molecule is Cc1ccc2ncc(C(=O)NC3CCCNC3)c(=O)n2c1.Cl. The molecule has 1 atom stereocenters. The first-order valence-electron chi connectivity index (χ1n) is 7.15. The molecular weight excluding hydrogens is 304 g/mol. The lowest BCUT2D eigenvalue weighted by Crippen LogP contribution is -2.46. The molecule has 1 aliphatic rings. The predicted octanol–water partition coefficient (Wildman–Crippen LogP) is 0.907. The van der Waals surface area contributed by atoms with Gasteiger partial charge in [-0.3, -0.25) is 14.0 Å². The highest BCUT2D eigenvalue weighted by atomic mass is 35.5. The van der Waals surface area contributed by atoms with Crippen molar-refractivity contribution in [2.45, 2.75) is 25.8 Å². The van der Waals surface area contributed by atoms with Crippen LogP contribution in [0.25, 0.3) is 5.65 Å². The number of aromatic nitrogens is 2. The standard InChI is InChI=1S/C15H18N4O2.ClH/c1-10-4-5-13-17-8-12(15(21)19(13)9-10)14(20)18-11-3-2-6-16-7-11;/h4-5,8-9,11,16H,2-3,6-7H2,1H3,(H,18,20);1H. The third-order valence-corrected chi connectivity index (χ3v) is 3.73. The van der Waals surface area contributed by atoms with Gasteiger partial charge in [0.2, 0.25) is 0 Å². The highest BCUT2D eigenvalue weighted by Gasteiger charge is 2.19. The van der Waals surface area contributed by atoms with Crippen molar-refractivity contribution >= 4 is 24.0 Å². The van der Waals surface area contributed by atoms with Gasteiger partial charge >= 0.3 is 0 Å². The Kier molecular flexibility index (Phi) is 5.15. The molecule has 22 heavy (non-hydrogen) atoms. The third kappa shape index (κ3) is 3.28. The molecule has 2 aromatic rings. The molecule has 3 rings (SSSR count). The van der Waals surface area contributed by atoms with Crippen LogP contribution in [0.2, 0.25) is 0 Å². The number of hydrogen-bond donors (Lipinski definition) is 2. The summed E-state index contributed by atoms with van der Waals surface area (Å²) >= 11 is 0. The number of carbonyl (C=O) groups excluding carboxylic acids is 1. The molecule has 1 amide bonds. The molecule has 1 saturated heterocycles. The second-order valence-electron chi connectivity index (χ2n) is 5.43. The molecule has 0 radical (unpaired) electrons. The van der Waals surface area contributed by atoms with Gasteiger partial charge in [-0.1, -0.05) is 6.07 Å². The first-order chi connectivity index (χ1) is 10.1. The smallest absolute Gasteiger partial charge is 0.270 e. The fourth-order valence-electron chi connectivity index (χ4n) is 2.58. The topological polar surface area (TPSA) is 75.5 Å². The molecular formula is C15H19ClN4O2. The molecule has 7 heteroatoms. The van der Waals surface area contributed by atoms with E-state index in [2.05, 4.69) is 15.6 Å². The van der Waals surface area contributed by atoms with Crippen molar-refractivity contribution in [2.24, 2.45) is 0 Å². The number of aryl methyl sites for hydroxylation is 1. The number of piperidine rings is 1. The van der Waals surface area contributed by atoms with Gasteiger partial charge in [0.25, 0.3) is 11.5 Å². The van der Waals surface area contributed by atoms with E-state index in [-0.39, 0.29) is 35.5 Å². The molecule has 0 bridgehead atoms. The summed E-state index contributed by atoms with van der Waals surface area (Å²) in [5.74, 6) is -0.350.